The number of benzene rings is 2. The number of aromatic nitrogens is 3. The van der Waals surface area contributed by atoms with E-state index in [1.165, 1.54) is 35.1 Å². The Labute approximate surface area is 130 Å². The number of carbonyl (C=O) groups excluding carboxylic acids is 1. The third-order valence-electron chi connectivity index (χ3n) is 3.17. The summed E-state index contributed by atoms with van der Waals surface area (Å²) < 4.78 is 27.3. The van der Waals surface area contributed by atoms with Crippen LogP contribution in [-0.2, 0) is 6.54 Å². The van der Waals surface area contributed by atoms with Crippen LogP contribution in [0.4, 0.5) is 8.78 Å². The van der Waals surface area contributed by atoms with Gasteiger partial charge in [0.15, 0.2) is 5.69 Å². The number of hydrogen-bond donors (Lipinski definition) is 1. The summed E-state index contributed by atoms with van der Waals surface area (Å²) in [6.45, 7) is 0.242. The predicted molar refractivity (Wildman–Crippen MR) is 78.9 cm³/mol. The fourth-order valence-corrected chi connectivity index (χ4v) is 1.99. The quantitative estimate of drug-likeness (QED) is 0.805. The van der Waals surface area contributed by atoms with Crippen molar-refractivity contribution in [3.8, 4) is 5.69 Å². The first kappa shape index (κ1) is 14.8. The molecule has 0 aliphatic heterocycles. The van der Waals surface area contributed by atoms with Gasteiger partial charge >= 0.3 is 0 Å². The van der Waals surface area contributed by atoms with Crippen molar-refractivity contribution < 1.29 is 13.6 Å². The Morgan fingerprint density at radius 2 is 1.87 bits per heavy atom. The monoisotopic (exact) mass is 314 g/mol. The fourth-order valence-electron chi connectivity index (χ4n) is 1.99. The van der Waals surface area contributed by atoms with Gasteiger partial charge in [0.05, 0.1) is 11.9 Å². The van der Waals surface area contributed by atoms with E-state index in [0.29, 0.717) is 5.69 Å². The van der Waals surface area contributed by atoms with Crippen molar-refractivity contribution in [2.75, 3.05) is 0 Å². The molecule has 5 nitrogen and oxygen atoms in total. The zero-order valence-corrected chi connectivity index (χ0v) is 11.9. The first-order valence-electron chi connectivity index (χ1n) is 6.83. The van der Waals surface area contributed by atoms with Crippen LogP contribution in [0.2, 0.25) is 0 Å². The first-order chi connectivity index (χ1) is 11.1. The average molecular weight is 314 g/mol. The lowest BCUT2D eigenvalue weighted by Crippen LogP contribution is -2.23. The highest BCUT2D eigenvalue weighted by atomic mass is 19.1. The highest BCUT2D eigenvalue weighted by Crippen LogP contribution is 2.09. The Morgan fingerprint density at radius 1 is 1.09 bits per heavy atom. The Kier molecular flexibility index (Phi) is 4.09. The van der Waals surface area contributed by atoms with Gasteiger partial charge in [-0.25, -0.2) is 13.5 Å². The molecule has 23 heavy (non-hydrogen) atoms. The Bertz CT molecular complexity index is 830. The van der Waals surface area contributed by atoms with Crippen LogP contribution in [0.15, 0.2) is 54.7 Å². The third-order valence-corrected chi connectivity index (χ3v) is 3.17. The summed E-state index contributed by atoms with van der Waals surface area (Å²) in [4.78, 5) is 12.0. The minimum atomic E-state index is -0.419. The van der Waals surface area contributed by atoms with Crippen LogP contribution < -0.4 is 5.32 Å². The summed E-state index contributed by atoms with van der Waals surface area (Å²) in [7, 11) is 0. The summed E-state index contributed by atoms with van der Waals surface area (Å²) in [5, 5.41) is 10.2. The van der Waals surface area contributed by atoms with Crippen molar-refractivity contribution in [3.63, 3.8) is 0 Å². The highest BCUT2D eigenvalue weighted by Gasteiger charge is 2.11. The van der Waals surface area contributed by atoms with Gasteiger partial charge in [-0.1, -0.05) is 23.4 Å². The second-order valence-electron chi connectivity index (χ2n) is 4.84. The van der Waals surface area contributed by atoms with E-state index in [1.54, 1.807) is 24.3 Å². The van der Waals surface area contributed by atoms with Crippen LogP contribution in [0.1, 0.15) is 16.1 Å². The maximum absolute atomic E-state index is 13.2. The van der Waals surface area contributed by atoms with E-state index in [4.69, 9.17) is 0 Å². The smallest absolute Gasteiger partial charge is 0.273 e. The van der Waals surface area contributed by atoms with E-state index in [2.05, 4.69) is 15.6 Å². The minimum absolute atomic E-state index is 0.108. The normalized spacial score (nSPS) is 10.5. The van der Waals surface area contributed by atoms with E-state index in [0.717, 1.165) is 5.56 Å². The predicted octanol–water partition coefficient (Wildman–Crippen LogP) is 2.48. The molecule has 0 saturated carbocycles. The molecule has 0 unspecified atom stereocenters. The largest absolute Gasteiger partial charge is 0.347 e. The van der Waals surface area contributed by atoms with Gasteiger partial charge < -0.3 is 5.32 Å². The van der Waals surface area contributed by atoms with Gasteiger partial charge in [0.1, 0.15) is 11.6 Å². The molecule has 0 saturated heterocycles. The fraction of sp³-hybridized carbons (Fsp3) is 0.0625. The van der Waals surface area contributed by atoms with E-state index >= 15 is 0 Å². The van der Waals surface area contributed by atoms with Gasteiger partial charge in [-0.2, -0.15) is 0 Å². The summed E-state index contributed by atoms with van der Waals surface area (Å²) in [5.41, 5.74) is 1.34. The first-order valence-corrected chi connectivity index (χ1v) is 6.83. The summed E-state index contributed by atoms with van der Waals surface area (Å²) in [6, 6.07) is 11.6. The molecule has 2 aromatic carbocycles. The Balaban J connectivity index is 1.67. The molecule has 0 fully saturated rings. The van der Waals surface area contributed by atoms with E-state index in [1.807, 2.05) is 0 Å². The van der Waals surface area contributed by atoms with Crippen molar-refractivity contribution in [2.45, 2.75) is 6.54 Å². The highest BCUT2D eigenvalue weighted by molar-refractivity contribution is 5.91. The van der Waals surface area contributed by atoms with Crippen molar-refractivity contribution in [1.29, 1.82) is 0 Å². The summed E-state index contributed by atoms with van der Waals surface area (Å²) >= 11 is 0. The number of rotatable bonds is 4. The molecule has 1 heterocycles. The maximum Gasteiger partial charge on any atom is 0.273 e. The molecule has 1 aromatic heterocycles. The molecule has 0 atom stereocenters. The second kappa shape index (κ2) is 6.35. The lowest BCUT2D eigenvalue weighted by Gasteiger charge is -2.03. The Morgan fingerprint density at radius 3 is 2.61 bits per heavy atom. The van der Waals surface area contributed by atoms with Gasteiger partial charge in [-0.3, -0.25) is 4.79 Å². The molecule has 0 aliphatic rings. The zero-order chi connectivity index (χ0) is 16.2. The van der Waals surface area contributed by atoms with Crippen LogP contribution >= 0.6 is 0 Å². The number of nitrogens with one attached hydrogen (secondary N) is 1. The van der Waals surface area contributed by atoms with Crippen LogP contribution in [0, 0.1) is 11.6 Å². The second-order valence-corrected chi connectivity index (χ2v) is 4.84. The summed E-state index contributed by atoms with van der Waals surface area (Å²) in [5.74, 6) is -1.16. The number of halogens is 2. The molecule has 3 rings (SSSR count). The molecule has 0 aliphatic carbocycles. The van der Waals surface area contributed by atoms with Crippen LogP contribution in [0.3, 0.4) is 0 Å². The number of hydrogen-bond acceptors (Lipinski definition) is 3. The van der Waals surface area contributed by atoms with Crippen molar-refractivity contribution >= 4 is 5.91 Å². The van der Waals surface area contributed by atoms with E-state index in [9.17, 15) is 13.6 Å². The Hall–Kier alpha value is -3.09. The molecular formula is C16H12F2N4O. The van der Waals surface area contributed by atoms with Crippen LogP contribution in [0.5, 0.6) is 0 Å². The van der Waals surface area contributed by atoms with Crippen molar-refractivity contribution in [1.82, 2.24) is 20.3 Å². The SMILES string of the molecule is O=C(NCc1ccc(F)cc1)c1cn(-c2cccc(F)c2)nn1. The average Bonchev–Trinajstić information content (AvgIpc) is 3.04. The number of amides is 1. The van der Waals surface area contributed by atoms with Crippen molar-refractivity contribution in [2.24, 2.45) is 0 Å². The maximum atomic E-state index is 13.2. The molecule has 3 aromatic rings. The van der Waals surface area contributed by atoms with Gasteiger partial charge in [-0.15, -0.1) is 5.10 Å². The molecule has 0 spiro atoms. The lowest BCUT2D eigenvalue weighted by atomic mass is 10.2. The minimum Gasteiger partial charge on any atom is -0.347 e. The van der Waals surface area contributed by atoms with Gasteiger partial charge in [0.2, 0.25) is 0 Å². The van der Waals surface area contributed by atoms with Crippen molar-refractivity contribution in [3.05, 3.63) is 77.6 Å². The van der Waals surface area contributed by atoms with Crippen LogP contribution in [-0.4, -0.2) is 20.9 Å². The lowest BCUT2D eigenvalue weighted by molar-refractivity contribution is 0.0946. The van der Waals surface area contributed by atoms with E-state index in [-0.39, 0.29) is 18.1 Å². The molecule has 0 radical (unpaired) electrons. The molecule has 116 valence electrons. The topological polar surface area (TPSA) is 59.8 Å². The third kappa shape index (κ3) is 3.57. The number of nitrogens with zero attached hydrogens (tertiary/aromatic N) is 3. The van der Waals surface area contributed by atoms with E-state index < -0.39 is 11.7 Å². The summed E-state index contributed by atoms with van der Waals surface area (Å²) in [6.07, 6.45) is 1.41. The van der Waals surface area contributed by atoms with Gasteiger partial charge in [-0.05, 0) is 35.9 Å². The van der Waals surface area contributed by atoms with Crippen LogP contribution in [0.25, 0.3) is 5.69 Å². The standard InChI is InChI=1S/C16H12F2N4O/c17-12-6-4-11(5-7-12)9-19-16(23)15-10-22(21-20-15)14-3-1-2-13(18)8-14/h1-8,10H,9H2,(H,19,23). The molecule has 1 amide bonds. The van der Waals surface area contributed by atoms with Gasteiger partial charge in [0.25, 0.3) is 5.91 Å². The molecule has 1 N–H and O–H groups in total. The number of carbonyl (C=O) groups is 1. The molecule has 7 heteroatoms. The molecular weight excluding hydrogens is 302 g/mol. The molecule has 0 bridgehead atoms. The van der Waals surface area contributed by atoms with Gasteiger partial charge in [0, 0.05) is 6.54 Å². The zero-order valence-electron chi connectivity index (χ0n) is 11.9.